The predicted molar refractivity (Wildman–Crippen MR) is 98.0 cm³/mol. The first-order valence-electron chi connectivity index (χ1n) is 8.58. The molecule has 0 spiro atoms. The Kier molecular flexibility index (Phi) is 7.63. The van der Waals surface area contributed by atoms with Crippen LogP contribution in [0.3, 0.4) is 0 Å². The number of carbonyl (C=O) groups excluding carboxylic acids is 2. The van der Waals surface area contributed by atoms with Crippen molar-refractivity contribution in [3.63, 3.8) is 0 Å². The Bertz CT molecular complexity index is 589. The molecule has 25 heavy (non-hydrogen) atoms. The van der Waals surface area contributed by atoms with E-state index in [1.807, 2.05) is 42.5 Å². The molecule has 0 aromatic heterocycles. The molecule has 136 valence electrons. The lowest BCUT2D eigenvalue weighted by molar-refractivity contribution is -0.138. The quantitative estimate of drug-likeness (QED) is 0.763. The number of piperazine rings is 1. The van der Waals surface area contributed by atoms with E-state index in [2.05, 4.69) is 10.2 Å². The Morgan fingerprint density at radius 2 is 2.16 bits per heavy atom. The van der Waals surface area contributed by atoms with Gasteiger partial charge in [0.1, 0.15) is 0 Å². The Labute approximate surface area is 149 Å². The van der Waals surface area contributed by atoms with Crippen LogP contribution < -0.4 is 5.32 Å². The van der Waals surface area contributed by atoms with Crippen molar-refractivity contribution in [2.75, 3.05) is 46.9 Å². The number of nitrogens with zero attached hydrogens (tertiary/aromatic N) is 2. The molecule has 1 fully saturated rings. The third-order valence-electron chi connectivity index (χ3n) is 4.32. The largest absolute Gasteiger partial charge is 0.383 e. The molecular weight excluding hydrogens is 318 g/mol. The Morgan fingerprint density at radius 1 is 1.40 bits per heavy atom. The van der Waals surface area contributed by atoms with E-state index in [1.165, 1.54) is 0 Å². The van der Waals surface area contributed by atoms with E-state index in [0.29, 0.717) is 26.2 Å². The highest BCUT2D eigenvalue weighted by Crippen LogP contribution is 2.11. The summed E-state index contributed by atoms with van der Waals surface area (Å²) in [4.78, 5) is 28.3. The second-order valence-corrected chi connectivity index (χ2v) is 6.13. The summed E-state index contributed by atoms with van der Waals surface area (Å²) in [6, 6.07) is 9.60. The van der Waals surface area contributed by atoms with Crippen molar-refractivity contribution in [3.8, 4) is 0 Å². The standard InChI is InChI=1S/C19H27N3O3/c1-21(13-14-25-2)18(23)15-17-19(24)20-10-12-22(17)11-6-9-16-7-4-3-5-8-16/h3-9,17H,10-15H2,1-2H3,(H,20,24)/b9-6+/t17-/m0/s1. The maximum absolute atomic E-state index is 12.3. The summed E-state index contributed by atoms with van der Waals surface area (Å²) in [6.45, 7) is 3.01. The number of amides is 2. The van der Waals surface area contributed by atoms with Crippen molar-refractivity contribution in [2.45, 2.75) is 12.5 Å². The zero-order valence-electron chi connectivity index (χ0n) is 15.0. The summed E-state index contributed by atoms with van der Waals surface area (Å²) in [5.74, 6) is -0.121. The fourth-order valence-corrected chi connectivity index (χ4v) is 2.76. The van der Waals surface area contributed by atoms with E-state index in [-0.39, 0.29) is 18.2 Å². The molecule has 6 nitrogen and oxygen atoms in total. The van der Waals surface area contributed by atoms with Gasteiger partial charge in [0.05, 0.1) is 19.1 Å². The van der Waals surface area contributed by atoms with Crippen molar-refractivity contribution in [3.05, 3.63) is 42.0 Å². The highest BCUT2D eigenvalue weighted by atomic mass is 16.5. The van der Waals surface area contributed by atoms with Gasteiger partial charge in [-0.25, -0.2) is 0 Å². The number of rotatable bonds is 8. The average molecular weight is 345 g/mol. The lowest BCUT2D eigenvalue weighted by atomic mass is 10.1. The van der Waals surface area contributed by atoms with Gasteiger partial charge in [-0.2, -0.15) is 0 Å². The molecule has 6 heteroatoms. The van der Waals surface area contributed by atoms with Crippen molar-refractivity contribution in [1.29, 1.82) is 0 Å². The minimum atomic E-state index is -0.424. The molecule has 1 aliphatic rings. The van der Waals surface area contributed by atoms with Crippen LogP contribution in [-0.4, -0.2) is 74.6 Å². The van der Waals surface area contributed by atoms with Crippen molar-refractivity contribution < 1.29 is 14.3 Å². The number of hydrogen-bond acceptors (Lipinski definition) is 4. The van der Waals surface area contributed by atoms with Gasteiger partial charge in [-0.05, 0) is 5.56 Å². The highest BCUT2D eigenvalue weighted by molar-refractivity contribution is 5.88. The van der Waals surface area contributed by atoms with Gasteiger partial charge in [0.25, 0.3) is 0 Å². The zero-order valence-corrected chi connectivity index (χ0v) is 15.0. The minimum Gasteiger partial charge on any atom is -0.383 e. The van der Waals surface area contributed by atoms with Gasteiger partial charge in [0.15, 0.2) is 0 Å². The molecule has 0 aliphatic carbocycles. The number of ether oxygens (including phenoxy) is 1. The number of methoxy groups -OCH3 is 1. The second kappa shape index (κ2) is 9.96. The van der Waals surface area contributed by atoms with Gasteiger partial charge in [-0.15, -0.1) is 0 Å². The van der Waals surface area contributed by atoms with Gasteiger partial charge < -0.3 is 15.0 Å². The van der Waals surface area contributed by atoms with Gasteiger partial charge in [0, 0.05) is 40.3 Å². The summed E-state index contributed by atoms with van der Waals surface area (Å²) in [5, 5.41) is 2.86. The molecule has 2 amide bonds. The lowest BCUT2D eigenvalue weighted by Gasteiger charge is -2.34. The van der Waals surface area contributed by atoms with Crippen molar-refractivity contribution >= 4 is 17.9 Å². The predicted octanol–water partition coefficient (Wildman–Crippen LogP) is 0.995. The Hall–Kier alpha value is -2.18. The number of hydrogen-bond donors (Lipinski definition) is 1. The molecule has 2 rings (SSSR count). The van der Waals surface area contributed by atoms with Gasteiger partial charge in [0.2, 0.25) is 11.8 Å². The fraction of sp³-hybridized carbons (Fsp3) is 0.474. The topological polar surface area (TPSA) is 61.9 Å². The third-order valence-corrected chi connectivity index (χ3v) is 4.32. The first-order valence-corrected chi connectivity index (χ1v) is 8.58. The van der Waals surface area contributed by atoms with Crippen LogP contribution in [0.1, 0.15) is 12.0 Å². The van der Waals surface area contributed by atoms with Crippen LogP contribution in [0.25, 0.3) is 6.08 Å². The van der Waals surface area contributed by atoms with Crippen LogP contribution in [-0.2, 0) is 14.3 Å². The molecule has 1 aliphatic heterocycles. The maximum atomic E-state index is 12.3. The van der Waals surface area contributed by atoms with Crippen LogP contribution >= 0.6 is 0 Å². The van der Waals surface area contributed by atoms with Gasteiger partial charge in [-0.3, -0.25) is 14.5 Å². The summed E-state index contributed by atoms with van der Waals surface area (Å²) in [5.41, 5.74) is 1.12. The number of likely N-dealkylation sites (N-methyl/N-ethyl adjacent to an activating group) is 1. The fourth-order valence-electron chi connectivity index (χ4n) is 2.76. The second-order valence-electron chi connectivity index (χ2n) is 6.13. The summed E-state index contributed by atoms with van der Waals surface area (Å²) in [6.07, 6.45) is 4.27. The van der Waals surface area contributed by atoms with Crippen molar-refractivity contribution in [2.24, 2.45) is 0 Å². The van der Waals surface area contributed by atoms with E-state index >= 15 is 0 Å². The van der Waals surface area contributed by atoms with E-state index in [4.69, 9.17) is 4.74 Å². The highest BCUT2D eigenvalue weighted by Gasteiger charge is 2.31. The van der Waals surface area contributed by atoms with E-state index in [9.17, 15) is 9.59 Å². The zero-order chi connectivity index (χ0) is 18.1. The van der Waals surface area contributed by atoms with E-state index in [0.717, 1.165) is 12.1 Å². The SMILES string of the molecule is COCCN(C)C(=O)C[C@H]1C(=O)NCCN1C/C=C/c1ccccc1. The number of nitrogens with one attached hydrogen (secondary N) is 1. The van der Waals surface area contributed by atoms with Crippen LogP contribution in [0.15, 0.2) is 36.4 Å². The minimum absolute atomic E-state index is 0.0452. The normalized spacial score (nSPS) is 18.3. The first kappa shape index (κ1) is 19.1. The van der Waals surface area contributed by atoms with Gasteiger partial charge >= 0.3 is 0 Å². The third kappa shape index (κ3) is 5.99. The lowest BCUT2D eigenvalue weighted by Crippen LogP contribution is -2.56. The molecular formula is C19H27N3O3. The van der Waals surface area contributed by atoms with E-state index in [1.54, 1.807) is 19.1 Å². The number of carbonyl (C=O) groups is 2. The smallest absolute Gasteiger partial charge is 0.237 e. The van der Waals surface area contributed by atoms with Crippen molar-refractivity contribution in [1.82, 2.24) is 15.1 Å². The Balaban J connectivity index is 1.94. The maximum Gasteiger partial charge on any atom is 0.237 e. The number of benzene rings is 1. The molecule has 1 aromatic rings. The Morgan fingerprint density at radius 3 is 2.88 bits per heavy atom. The molecule has 1 heterocycles. The average Bonchev–Trinajstić information content (AvgIpc) is 2.63. The summed E-state index contributed by atoms with van der Waals surface area (Å²) in [7, 11) is 3.34. The van der Waals surface area contributed by atoms with E-state index < -0.39 is 6.04 Å². The monoisotopic (exact) mass is 345 g/mol. The molecule has 1 saturated heterocycles. The first-order chi connectivity index (χ1) is 12.1. The van der Waals surface area contributed by atoms with Crippen LogP contribution in [0.5, 0.6) is 0 Å². The van der Waals surface area contributed by atoms with Crippen LogP contribution in [0, 0.1) is 0 Å². The molecule has 0 saturated carbocycles. The molecule has 1 aromatic carbocycles. The summed E-state index contributed by atoms with van der Waals surface area (Å²) < 4.78 is 5.00. The molecule has 0 unspecified atom stereocenters. The molecule has 0 radical (unpaired) electrons. The van der Waals surface area contributed by atoms with Crippen LogP contribution in [0.4, 0.5) is 0 Å². The van der Waals surface area contributed by atoms with Gasteiger partial charge in [-0.1, -0.05) is 42.5 Å². The van der Waals surface area contributed by atoms with Crippen LogP contribution in [0.2, 0.25) is 0 Å². The molecule has 1 atom stereocenters. The molecule has 0 bridgehead atoms. The molecule has 1 N–H and O–H groups in total. The summed E-state index contributed by atoms with van der Waals surface area (Å²) >= 11 is 0.